The summed E-state index contributed by atoms with van der Waals surface area (Å²) in [6.45, 7) is 8.95. The molecule has 0 radical (unpaired) electrons. The van der Waals surface area contributed by atoms with Crippen LogP contribution >= 0.6 is 0 Å². The van der Waals surface area contributed by atoms with Crippen molar-refractivity contribution in [2.45, 2.75) is 27.7 Å². The molecule has 0 saturated heterocycles. The Morgan fingerprint density at radius 3 is 2.42 bits per heavy atom. The highest BCUT2D eigenvalue weighted by molar-refractivity contribution is 5.94. The number of aromatic nitrogens is 1. The number of hydrogen-bond acceptors (Lipinski definition) is 3. The van der Waals surface area contributed by atoms with Crippen molar-refractivity contribution in [3.63, 3.8) is 0 Å². The monoisotopic (exact) mass is 264 g/mol. The van der Waals surface area contributed by atoms with Gasteiger partial charge in [-0.1, -0.05) is 27.7 Å². The van der Waals surface area contributed by atoms with Crippen molar-refractivity contribution in [1.82, 2.24) is 10.3 Å². The summed E-state index contributed by atoms with van der Waals surface area (Å²) in [5.74, 6) is -0.897. The Kier molecular flexibility index (Phi) is 4.64. The van der Waals surface area contributed by atoms with E-state index < -0.39 is 5.97 Å². The molecule has 0 aliphatic carbocycles. The molecule has 2 N–H and O–H groups in total. The zero-order chi connectivity index (χ0) is 14.6. The first-order chi connectivity index (χ1) is 8.74. The summed E-state index contributed by atoms with van der Waals surface area (Å²) in [5.41, 5.74) is 0.299. The molecule has 0 aromatic carbocycles. The number of carbonyl (C=O) groups is 2. The maximum atomic E-state index is 11.9. The third-order valence-corrected chi connectivity index (χ3v) is 3.51. The van der Waals surface area contributed by atoms with Crippen molar-refractivity contribution in [2.24, 2.45) is 11.3 Å². The van der Waals surface area contributed by atoms with Crippen molar-refractivity contribution in [1.29, 1.82) is 0 Å². The highest BCUT2D eigenvalue weighted by Gasteiger charge is 2.23. The van der Waals surface area contributed by atoms with Crippen LogP contribution in [0.1, 0.15) is 48.5 Å². The molecule has 0 aliphatic rings. The normalized spacial score (nSPS) is 11.4. The maximum absolute atomic E-state index is 11.9. The van der Waals surface area contributed by atoms with Crippen LogP contribution in [-0.4, -0.2) is 28.5 Å². The number of hydrogen-bond donors (Lipinski definition) is 2. The topological polar surface area (TPSA) is 79.3 Å². The molecule has 1 aromatic heterocycles. The van der Waals surface area contributed by atoms with E-state index >= 15 is 0 Å². The molecule has 5 heteroatoms. The van der Waals surface area contributed by atoms with Crippen LogP contribution in [0.4, 0.5) is 0 Å². The van der Waals surface area contributed by atoms with Gasteiger partial charge in [0.2, 0.25) is 0 Å². The van der Waals surface area contributed by atoms with Gasteiger partial charge in [0.05, 0.1) is 5.56 Å². The predicted molar refractivity (Wildman–Crippen MR) is 72.1 cm³/mol. The summed E-state index contributed by atoms with van der Waals surface area (Å²) >= 11 is 0. The van der Waals surface area contributed by atoms with E-state index in [4.69, 9.17) is 5.11 Å². The number of nitrogens with one attached hydrogen (secondary N) is 1. The fourth-order valence-corrected chi connectivity index (χ4v) is 1.27. The highest BCUT2D eigenvalue weighted by Crippen LogP contribution is 2.24. The average Bonchev–Trinajstić information content (AvgIpc) is 2.36. The van der Waals surface area contributed by atoms with Crippen LogP contribution in [-0.2, 0) is 0 Å². The molecule has 1 aromatic rings. The summed E-state index contributed by atoms with van der Waals surface area (Å²) in [5, 5.41) is 11.6. The van der Waals surface area contributed by atoms with E-state index in [0.717, 1.165) is 0 Å². The first kappa shape index (κ1) is 15.1. The minimum absolute atomic E-state index is 0.00406. The van der Waals surface area contributed by atoms with Crippen LogP contribution < -0.4 is 5.32 Å². The number of rotatable bonds is 5. The van der Waals surface area contributed by atoms with Crippen LogP contribution in [0.15, 0.2) is 18.3 Å². The zero-order valence-electron chi connectivity index (χ0n) is 11.7. The largest absolute Gasteiger partial charge is 0.477 e. The lowest BCUT2D eigenvalue weighted by molar-refractivity contribution is 0.0689. The highest BCUT2D eigenvalue weighted by atomic mass is 16.4. The van der Waals surface area contributed by atoms with Gasteiger partial charge >= 0.3 is 5.97 Å². The first-order valence-corrected chi connectivity index (χ1v) is 6.21. The second-order valence-electron chi connectivity index (χ2n) is 5.56. The molecule has 1 rings (SSSR count). The molecule has 0 aliphatic heterocycles. The van der Waals surface area contributed by atoms with Crippen molar-refractivity contribution < 1.29 is 14.7 Å². The van der Waals surface area contributed by atoms with Gasteiger partial charge in [-0.25, -0.2) is 9.78 Å². The van der Waals surface area contributed by atoms with Gasteiger partial charge in [0, 0.05) is 12.7 Å². The zero-order valence-corrected chi connectivity index (χ0v) is 11.7. The molecule has 0 bridgehead atoms. The maximum Gasteiger partial charge on any atom is 0.354 e. The van der Waals surface area contributed by atoms with Gasteiger partial charge in [-0.2, -0.15) is 0 Å². The molecule has 0 saturated carbocycles. The molecular formula is C14H20N2O3. The molecule has 0 spiro atoms. The number of carboxylic acids is 1. The van der Waals surface area contributed by atoms with Gasteiger partial charge in [-0.15, -0.1) is 0 Å². The summed E-state index contributed by atoms with van der Waals surface area (Å²) in [6.07, 6.45) is 1.28. The molecule has 0 fully saturated rings. The lowest BCUT2D eigenvalue weighted by atomic mass is 9.81. The van der Waals surface area contributed by atoms with Gasteiger partial charge in [-0.05, 0) is 23.5 Å². The summed E-state index contributed by atoms with van der Waals surface area (Å²) in [7, 11) is 0. The number of carboxylic acid groups (broad SMARTS) is 1. The van der Waals surface area contributed by atoms with E-state index in [1.54, 1.807) is 0 Å². The van der Waals surface area contributed by atoms with Crippen LogP contribution in [0.2, 0.25) is 0 Å². The van der Waals surface area contributed by atoms with Crippen LogP contribution in [0.5, 0.6) is 0 Å². The Morgan fingerprint density at radius 1 is 1.37 bits per heavy atom. The summed E-state index contributed by atoms with van der Waals surface area (Å²) < 4.78 is 0. The third-order valence-electron chi connectivity index (χ3n) is 3.51. The van der Waals surface area contributed by atoms with Crippen LogP contribution in [0.3, 0.4) is 0 Å². The Morgan fingerprint density at radius 2 is 2.00 bits per heavy atom. The molecule has 0 atom stereocenters. The van der Waals surface area contributed by atoms with Crippen LogP contribution in [0, 0.1) is 11.3 Å². The van der Waals surface area contributed by atoms with Crippen molar-refractivity contribution in [3.05, 3.63) is 29.6 Å². The number of nitrogens with zero attached hydrogens (tertiary/aromatic N) is 1. The van der Waals surface area contributed by atoms with Gasteiger partial charge in [0.25, 0.3) is 5.91 Å². The molecule has 104 valence electrons. The van der Waals surface area contributed by atoms with E-state index in [-0.39, 0.29) is 17.0 Å². The molecule has 5 nitrogen and oxygen atoms in total. The predicted octanol–water partition coefficient (Wildman–Crippen LogP) is 2.19. The molecule has 1 heterocycles. The van der Waals surface area contributed by atoms with Crippen LogP contribution in [0.25, 0.3) is 0 Å². The van der Waals surface area contributed by atoms with E-state index in [0.29, 0.717) is 18.0 Å². The molecule has 19 heavy (non-hydrogen) atoms. The number of amides is 1. The second-order valence-corrected chi connectivity index (χ2v) is 5.56. The van der Waals surface area contributed by atoms with Crippen molar-refractivity contribution in [3.8, 4) is 0 Å². The van der Waals surface area contributed by atoms with E-state index in [2.05, 4.69) is 38.0 Å². The Balaban J connectivity index is 2.66. The number of carbonyl (C=O) groups excluding carboxylic acids is 1. The number of aromatic carboxylic acids is 1. The van der Waals surface area contributed by atoms with Gasteiger partial charge in [0.1, 0.15) is 5.69 Å². The lowest BCUT2D eigenvalue weighted by Gasteiger charge is -2.29. The summed E-state index contributed by atoms with van der Waals surface area (Å²) in [6, 6.07) is 2.79. The van der Waals surface area contributed by atoms with Gasteiger partial charge in [0.15, 0.2) is 0 Å². The first-order valence-electron chi connectivity index (χ1n) is 6.21. The minimum Gasteiger partial charge on any atom is -0.477 e. The standard InChI is InChI=1S/C14H20N2O3/c1-9(2)14(3,4)8-16-12(17)10-5-6-11(13(18)19)15-7-10/h5-7,9H,8H2,1-4H3,(H,16,17)(H,18,19). The van der Waals surface area contributed by atoms with E-state index in [1.165, 1.54) is 18.3 Å². The Labute approximate surface area is 113 Å². The molecule has 1 amide bonds. The fourth-order valence-electron chi connectivity index (χ4n) is 1.27. The van der Waals surface area contributed by atoms with E-state index in [1.807, 2.05) is 0 Å². The Hall–Kier alpha value is -1.91. The minimum atomic E-state index is -1.10. The smallest absolute Gasteiger partial charge is 0.354 e. The second kappa shape index (κ2) is 5.82. The quantitative estimate of drug-likeness (QED) is 0.854. The SMILES string of the molecule is CC(C)C(C)(C)CNC(=O)c1ccc(C(=O)O)nc1. The average molecular weight is 264 g/mol. The van der Waals surface area contributed by atoms with Gasteiger partial charge < -0.3 is 10.4 Å². The fraction of sp³-hybridized carbons (Fsp3) is 0.500. The van der Waals surface area contributed by atoms with Crippen molar-refractivity contribution in [2.75, 3.05) is 6.54 Å². The molecule has 0 unspecified atom stereocenters. The van der Waals surface area contributed by atoms with E-state index in [9.17, 15) is 9.59 Å². The molecular weight excluding hydrogens is 244 g/mol. The number of pyridine rings is 1. The van der Waals surface area contributed by atoms with Gasteiger partial charge in [-0.3, -0.25) is 4.79 Å². The van der Waals surface area contributed by atoms with Crippen molar-refractivity contribution >= 4 is 11.9 Å². The third kappa shape index (κ3) is 4.05. The lowest BCUT2D eigenvalue weighted by Crippen LogP contribution is -2.37. The Bertz CT molecular complexity index is 464. The summed E-state index contributed by atoms with van der Waals surface area (Å²) in [4.78, 5) is 26.3.